The number of fused-ring (bicyclic) bond motifs is 1. The highest BCUT2D eigenvalue weighted by atomic mass is 32.2. The molecule has 8 heteroatoms. The minimum Gasteiger partial charge on any atom is -0.425 e. The molecule has 0 spiro atoms. The SMILES string of the molecule is Cc1nnc(CSc2nnc(-c3cc4c(s3)CCC(C(C)(C)C)C4)n2C)o1. The summed E-state index contributed by atoms with van der Waals surface area (Å²) in [5, 5.41) is 17.6. The predicted molar refractivity (Wildman–Crippen MR) is 108 cm³/mol. The Morgan fingerprint density at radius 3 is 2.78 bits per heavy atom. The third kappa shape index (κ3) is 3.82. The van der Waals surface area contributed by atoms with Gasteiger partial charge in [0.25, 0.3) is 0 Å². The zero-order chi connectivity index (χ0) is 19.2. The molecule has 144 valence electrons. The fourth-order valence-electron chi connectivity index (χ4n) is 3.55. The zero-order valence-corrected chi connectivity index (χ0v) is 18.1. The van der Waals surface area contributed by atoms with Gasteiger partial charge in [0.05, 0.1) is 10.6 Å². The first-order chi connectivity index (χ1) is 12.8. The van der Waals surface area contributed by atoms with E-state index in [1.807, 2.05) is 18.4 Å². The van der Waals surface area contributed by atoms with Crippen molar-refractivity contribution in [2.75, 3.05) is 0 Å². The zero-order valence-electron chi connectivity index (χ0n) is 16.4. The molecule has 1 aliphatic carbocycles. The van der Waals surface area contributed by atoms with Crippen LogP contribution in [0, 0.1) is 18.3 Å². The van der Waals surface area contributed by atoms with E-state index < -0.39 is 0 Å². The van der Waals surface area contributed by atoms with Crippen molar-refractivity contribution >= 4 is 23.1 Å². The average Bonchev–Trinajstić information content (AvgIpc) is 3.29. The summed E-state index contributed by atoms with van der Waals surface area (Å²) in [5.74, 6) is 3.48. The van der Waals surface area contributed by atoms with Crippen LogP contribution in [0.2, 0.25) is 0 Å². The molecule has 0 radical (unpaired) electrons. The van der Waals surface area contributed by atoms with E-state index in [-0.39, 0.29) is 0 Å². The molecule has 0 N–H and O–H groups in total. The molecule has 3 aromatic rings. The summed E-state index contributed by atoms with van der Waals surface area (Å²) in [6.07, 6.45) is 3.63. The van der Waals surface area contributed by atoms with Gasteiger partial charge in [-0.1, -0.05) is 32.5 Å². The topological polar surface area (TPSA) is 69.6 Å². The molecule has 27 heavy (non-hydrogen) atoms. The molecule has 3 aromatic heterocycles. The van der Waals surface area contributed by atoms with Crippen molar-refractivity contribution in [2.45, 2.75) is 57.9 Å². The minimum atomic E-state index is 0.363. The summed E-state index contributed by atoms with van der Waals surface area (Å²) in [5.41, 5.74) is 1.86. The first-order valence-corrected chi connectivity index (χ1v) is 11.0. The first-order valence-electron chi connectivity index (χ1n) is 9.24. The maximum absolute atomic E-state index is 5.43. The maximum Gasteiger partial charge on any atom is 0.226 e. The smallest absolute Gasteiger partial charge is 0.226 e. The Morgan fingerprint density at radius 1 is 1.26 bits per heavy atom. The number of nitrogens with zero attached hydrogens (tertiary/aromatic N) is 5. The van der Waals surface area contributed by atoms with Crippen molar-refractivity contribution in [1.82, 2.24) is 25.0 Å². The van der Waals surface area contributed by atoms with Gasteiger partial charge < -0.3 is 8.98 Å². The van der Waals surface area contributed by atoms with E-state index >= 15 is 0 Å². The highest BCUT2D eigenvalue weighted by Crippen LogP contribution is 2.42. The Bertz CT molecular complexity index is 950. The molecular weight excluding hydrogens is 378 g/mol. The number of hydrogen-bond acceptors (Lipinski definition) is 7. The van der Waals surface area contributed by atoms with Crippen LogP contribution < -0.4 is 0 Å². The molecule has 4 rings (SSSR count). The third-order valence-corrected chi connectivity index (χ3v) is 7.49. The molecule has 0 bridgehead atoms. The van der Waals surface area contributed by atoms with Gasteiger partial charge in [-0.2, -0.15) is 0 Å². The number of aromatic nitrogens is 5. The lowest BCUT2D eigenvalue weighted by Gasteiger charge is -2.33. The fourth-order valence-corrected chi connectivity index (χ4v) is 5.53. The van der Waals surface area contributed by atoms with E-state index in [1.54, 1.807) is 18.7 Å². The number of aryl methyl sites for hydroxylation is 2. The Balaban J connectivity index is 1.52. The van der Waals surface area contributed by atoms with Crippen molar-refractivity contribution in [3.63, 3.8) is 0 Å². The van der Waals surface area contributed by atoms with Crippen molar-refractivity contribution in [2.24, 2.45) is 18.4 Å². The summed E-state index contributed by atoms with van der Waals surface area (Å²) < 4.78 is 7.49. The van der Waals surface area contributed by atoms with Crippen molar-refractivity contribution in [1.29, 1.82) is 0 Å². The van der Waals surface area contributed by atoms with Crippen LogP contribution in [0.1, 0.15) is 49.4 Å². The normalized spacial score (nSPS) is 17.3. The van der Waals surface area contributed by atoms with Crippen LogP contribution in [0.5, 0.6) is 0 Å². The van der Waals surface area contributed by atoms with Gasteiger partial charge in [0.2, 0.25) is 11.8 Å². The van der Waals surface area contributed by atoms with Crippen LogP contribution in [0.25, 0.3) is 10.7 Å². The number of hydrogen-bond donors (Lipinski definition) is 0. The quantitative estimate of drug-likeness (QED) is 0.589. The lowest BCUT2D eigenvalue weighted by molar-refractivity contribution is 0.217. The van der Waals surface area contributed by atoms with E-state index in [9.17, 15) is 0 Å². The van der Waals surface area contributed by atoms with Crippen molar-refractivity contribution in [3.8, 4) is 10.7 Å². The van der Waals surface area contributed by atoms with E-state index in [2.05, 4.69) is 51.8 Å². The van der Waals surface area contributed by atoms with E-state index in [1.165, 1.54) is 34.6 Å². The Labute approximate surface area is 167 Å². The molecule has 0 aromatic carbocycles. The molecule has 0 saturated carbocycles. The third-order valence-electron chi connectivity index (χ3n) is 5.26. The van der Waals surface area contributed by atoms with Gasteiger partial charge in [-0.05, 0) is 42.2 Å². The Hall–Kier alpha value is -1.67. The van der Waals surface area contributed by atoms with Crippen LogP contribution in [-0.2, 0) is 25.6 Å². The monoisotopic (exact) mass is 403 g/mol. The molecular formula is C19H25N5OS2. The van der Waals surface area contributed by atoms with E-state index in [4.69, 9.17) is 4.42 Å². The van der Waals surface area contributed by atoms with Crippen LogP contribution in [-0.4, -0.2) is 25.0 Å². The van der Waals surface area contributed by atoms with Crippen LogP contribution in [0.15, 0.2) is 15.6 Å². The highest BCUT2D eigenvalue weighted by molar-refractivity contribution is 7.98. The van der Waals surface area contributed by atoms with E-state index in [0.29, 0.717) is 22.9 Å². The van der Waals surface area contributed by atoms with Gasteiger partial charge in [-0.15, -0.1) is 31.7 Å². The van der Waals surface area contributed by atoms with Gasteiger partial charge in [0, 0.05) is 18.8 Å². The fraction of sp³-hybridized carbons (Fsp3) is 0.579. The van der Waals surface area contributed by atoms with E-state index in [0.717, 1.165) is 16.9 Å². The standard InChI is InChI=1S/C19H25N5OS2/c1-11-20-21-16(25-11)10-26-18-23-22-17(24(18)5)15-9-12-8-13(19(2,3)4)6-7-14(12)27-15/h9,13H,6-8,10H2,1-5H3. The molecule has 0 amide bonds. The second kappa shape index (κ2) is 7.05. The molecule has 1 atom stereocenters. The lowest BCUT2D eigenvalue weighted by Crippen LogP contribution is -2.26. The van der Waals surface area contributed by atoms with Gasteiger partial charge in [-0.25, -0.2) is 0 Å². The van der Waals surface area contributed by atoms with Gasteiger partial charge in [0.15, 0.2) is 11.0 Å². The minimum absolute atomic E-state index is 0.363. The second-order valence-electron chi connectivity index (χ2n) is 8.23. The summed E-state index contributed by atoms with van der Waals surface area (Å²) in [7, 11) is 2.02. The lowest BCUT2D eigenvalue weighted by atomic mass is 9.72. The largest absolute Gasteiger partial charge is 0.425 e. The highest BCUT2D eigenvalue weighted by Gasteiger charge is 2.30. The first kappa shape index (κ1) is 18.7. The summed E-state index contributed by atoms with van der Waals surface area (Å²) >= 11 is 3.44. The molecule has 0 saturated heterocycles. The molecule has 1 unspecified atom stereocenters. The van der Waals surface area contributed by atoms with Crippen molar-refractivity contribution in [3.05, 3.63) is 28.3 Å². The van der Waals surface area contributed by atoms with Crippen LogP contribution in [0.3, 0.4) is 0 Å². The molecule has 6 nitrogen and oxygen atoms in total. The average molecular weight is 404 g/mol. The van der Waals surface area contributed by atoms with Gasteiger partial charge >= 0.3 is 0 Å². The van der Waals surface area contributed by atoms with Gasteiger partial charge in [0.1, 0.15) is 0 Å². The summed E-state index contributed by atoms with van der Waals surface area (Å²) in [6, 6.07) is 2.33. The second-order valence-corrected chi connectivity index (χ2v) is 10.3. The predicted octanol–water partition coefficient (Wildman–Crippen LogP) is 4.68. The number of thioether (sulfide) groups is 1. The molecule has 3 heterocycles. The van der Waals surface area contributed by atoms with Crippen molar-refractivity contribution < 1.29 is 4.42 Å². The summed E-state index contributed by atoms with van der Waals surface area (Å²) in [4.78, 5) is 2.73. The summed E-state index contributed by atoms with van der Waals surface area (Å²) in [6.45, 7) is 8.86. The maximum atomic E-state index is 5.43. The molecule has 0 fully saturated rings. The molecule has 1 aliphatic rings. The Kier molecular flexibility index (Phi) is 4.88. The Morgan fingerprint density at radius 2 is 2.07 bits per heavy atom. The number of thiophene rings is 1. The van der Waals surface area contributed by atoms with Crippen LogP contribution >= 0.6 is 23.1 Å². The number of rotatable bonds is 4. The van der Waals surface area contributed by atoms with Gasteiger partial charge in [-0.3, -0.25) is 0 Å². The molecule has 0 aliphatic heterocycles. The van der Waals surface area contributed by atoms with Crippen LogP contribution in [0.4, 0.5) is 0 Å².